The number of fused-ring (bicyclic) bond motifs is 1. The van der Waals surface area contributed by atoms with E-state index in [4.69, 9.17) is 4.74 Å². The zero-order chi connectivity index (χ0) is 6.10. The molecule has 0 saturated heterocycles. The molecular weight excluding hydrogens is 112 g/mol. The van der Waals surface area contributed by atoms with Crippen LogP contribution in [0.25, 0.3) is 0 Å². The van der Waals surface area contributed by atoms with Crippen molar-refractivity contribution in [2.24, 2.45) is 0 Å². The molecule has 0 saturated carbocycles. The topological polar surface area (TPSA) is 9.23 Å². The Morgan fingerprint density at radius 3 is 3.44 bits per heavy atom. The van der Waals surface area contributed by atoms with Crippen molar-refractivity contribution in [1.29, 1.82) is 0 Å². The lowest BCUT2D eigenvalue weighted by Gasteiger charge is -2.13. The predicted molar refractivity (Wildman–Crippen MR) is 35.9 cm³/mol. The number of ether oxygens (including phenoxy) is 1. The van der Waals surface area contributed by atoms with E-state index < -0.39 is 0 Å². The highest BCUT2D eigenvalue weighted by Crippen LogP contribution is 2.23. The Bertz CT molecular complexity index is 199. The molecule has 9 heavy (non-hydrogen) atoms. The van der Waals surface area contributed by atoms with Crippen LogP contribution in [0.3, 0.4) is 0 Å². The van der Waals surface area contributed by atoms with Gasteiger partial charge in [0.25, 0.3) is 0 Å². The lowest BCUT2D eigenvalue weighted by atomic mass is 10.1. The van der Waals surface area contributed by atoms with E-state index in [1.807, 2.05) is 6.08 Å². The predicted octanol–water partition coefficient (Wildman–Crippen LogP) is 1.79. The van der Waals surface area contributed by atoms with Crippen LogP contribution in [-0.4, -0.2) is 6.10 Å². The Kier molecular flexibility index (Phi) is 0.950. The first-order chi connectivity index (χ1) is 4.47. The summed E-state index contributed by atoms with van der Waals surface area (Å²) in [7, 11) is 0. The fourth-order valence-corrected chi connectivity index (χ4v) is 1.16. The molecule has 1 heterocycles. The van der Waals surface area contributed by atoms with Crippen molar-refractivity contribution < 1.29 is 4.74 Å². The largest absolute Gasteiger partial charge is 0.493 e. The van der Waals surface area contributed by atoms with E-state index in [-0.39, 0.29) is 0 Å². The molecule has 46 valence electrons. The summed E-state index contributed by atoms with van der Waals surface area (Å²) in [6, 6.07) is 0. The molecule has 1 unspecified atom stereocenters. The summed E-state index contributed by atoms with van der Waals surface area (Å²) >= 11 is 0. The van der Waals surface area contributed by atoms with E-state index in [1.54, 1.807) is 6.26 Å². The average Bonchev–Trinajstić information content (AvgIpc) is 2.33. The second-order valence-corrected chi connectivity index (χ2v) is 2.26. The summed E-state index contributed by atoms with van der Waals surface area (Å²) in [5.41, 5.74) is 1.30. The lowest BCUT2D eigenvalue weighted by molar-refractivity contribution is 0.183. The standard InChI is InChI=1S/C8H8O/c1-3-7-4-2-6-9-8(7)5-1/h1-4,6,8H,5H2. The minimum Gasteiger partial charge on any atom is -0.493 e. The molecule has 0 aromatic carbocycles. The smallest absolute Gasteiger partial charge is 0.126 e. The van der Waals surface area contributed by atoms with Gasteiger partial charge in [0, 0.05) is 6.42 Å². The fourth-order valence-electron chi connectivity index (χ4n) is 1.16. The summed E-state index contributed by atoms with van der Waals surface area (Å²) in [4.78, 5) is 0. The van der Waals surface area contributed by atoms with E-state index >= 15 is 0 Å². The summed E-state index contributed by atoms with van der Waals surface area (Å²) < 4.78 is 5.29. The minimum absolute atomic E-state index is 0.329. The van der Waals surface area contributed by atoms with Crippen LogP contribution >= 0.6 is 0 Å². The van der Waals surface area contributed by atoms with Crippen molar-refractivity contribution in [3.05, 3.63) is 36.1 Å². The first-order valence-electron chi connectivity index (χ1n) is 3.15. The monoisotopic (exact) mass is 120 g/mol. The van der Waals surface area contributed by atoms with Gasteiger partial charge in [-0.25, -0.2) is 0 Å². The second kappa shape index (κ2) is 1.76. The van der Waals surface area contributed by atoms with Crippen LogP contribution in [0.2, 0.25) is 0 Å². The Morgan fingerprint density at radius 2 is 2.56 bits per heavy atom. The van der Waals surface area contributed by atoms with Crippen molar-refractivity contribution in [2.45, 2.75) is 12.5 Å². The van der Waals surface area contributed by atoms with Crippen molar-refractivity contribution in [2.75, 3.05) is 0 Å². The van der Waals surface area contributed by atoms with Gasteiger partial charge in [-0.05, 0) is 11.6 Å². The summed E-state index contributed by atoms with van der Waals surface area (Å²) in [6.07, 6.45) is 11.4. The van der Waals surface area contributed by atoms with Crippen LogP contribution in [0.1, 0.15) is 6.42 Å². The minimum atomic E-state index is 0.329. The van der Waals surface area contributed by atoms with Crippen molar-refractivity contribution >= 4 is 0 Å². The summed E-state index contributed by atoms with van der Waals surface area (Å²) in [5, 5.41) is 0. The Balaban J connectivity index is 2.31. The van der Waals surface area contributed by atoms with Crippen LogP contribution in [0.5, 0.6) is 0 Å². The maximum absolute atomic E-state index is 5.29. The van der Waals surface area contributed by atoms with Crippen LogP contribution in [0.4, 0.5) is 0 Å². The molecule has 0 spiro atoms. The van der Waals surface area contributed by atoms with Crippen LogP contribution < -0.4 is 0 Å². The van der Waals surface area contributed by atoms with E-state index in [0.29, 0.717) is 6.10 Å². The van der Waals surface area contributed by atoms with Gasteiger partial charge < -0.3 is 4.74 Å². The number of allylic oxidation sites excluding steroid dienone is 2. The quantitative estimate of drug-likeness (QED) is 0.473. The maximum Gasteiger partial charge on any atom is 0.126 e. The molecule has 0 N–H and O–H groups in total. The lowest BCUT2D eigenvalue weighted by Crippen LogP contribution is -2.08. The first-order valence-corrected chi connectivity index (χ1v) is 3.15. The molecule has 0 radical (unpaired) electrons. The van der Waals surface area contributed by atoms with Gasteiger partial charge in [-0.2, -0.15) is 0 Å². The Hall–Kier alpha value is -0.980. The third-order valence-corrected chi connectivity index (χ3v) is 1.64. The molecule has 1 aliphatic carbocycles. The SMILES string of the molecule is C1=COC2CC=CC2=C1. The zero-order valence-electron chi connectivity index (χ0n) is 5.08. The van der Waals surface area contributed by atoms with Gasteiger partial charge in [-0.1, -0.05) is 18.2 Å². The highest BCUT2D eigenvalue weighted by molar-refractivity contribution is 5.34. The molecule has 1 nitrogen and oxygen atoms in total. The van der Waals surface area contributed by atoms with Crippen molar-refractivity contribution in [1.82, 2.24) is 0 Å². The van der Waals surface area contributed by atoms with Gasteiger partial charge in [0.15, 0.2) is 0 Å². The summed E-state index contributed by atoms with van der Waals surface area (Å²) in [5.74, 6) is 0. The Labute approximate surface area is 54.3 Å². The molecule has 1 heteroatoms. The maximum atomic E-state index is 5.29. The number of hydrogen-bond donors (Lipinski definition) is 0. The highest BCUT2D eigenvalue weighted by atomic mass is 16.5. The number of hydrogen-bond acceptors (Lipinski definition) is 1. The normalized spacial score (nSPS) is 29.3. The first kappa shape index (κ1) is 4.86. The molecule has 2 aliphatic rings. The van der Waals surface area contributed by atoms with E-state index in [0.717, 1.165) is 6.42 Å². The van der Waals surface area contributed by atoms with E-state index in [1.165, 1.54) is 5.57 Å². The average molecular weight is 120 g/mol. The van der Waals surface area contributed by atoms with Gasteiger partial charge in [-0.15, -0.1) is 0 Å². The van der Waals surface area contributed by atoms with E-state index in [9.17, 15) is 0 Å². The molecule has 0 fully saturated rings. The zero-order valence-corrected chi connectivity index (χ0v) is 5.08. The molecule has 0 aromatic rings. The second-order valence-electron chi connectivity index (χ2n) is 2.26. The number of rotatable bonds is 0. The molecule has 1 aliphatic heterocycles. The van der Waals surface area contributed by atoms with Crippen LogP contribution in [0.15, 0.2) is 36.1 Å². The van der Waals surface area contributed by atoms with Gasteiger partial charge in [0.05, 0.1) is 6.26 Å². The van der Waals surface area contributed by atoms with Gasteiger partial charge in [-0.3, -0.25) is 0 Å². The molecule has 1 atom stereocenters. The molecule has 2 rings (SSSR count). The summed E-state index contributed by atoms with van der Waals surface area (Å²) in [6.45, 7) is 0. The molecule has 0 amide bonds. The molecule has 0 bridgehead atoms. The van der Waals surface area contributed by atoms with Crippen LogP contribution in [0, 0.1) is 0 Å². The van der Waals surface area contributed by atoms with Crippen molar-refractivity contribution in [3.8, 4) is 0 Å². The van der Waals surface area contributed by atoms with Crippen LogP contribution in [-0.2, 0) is 4.74 Å². The molecular formula is C8H8O. The van der Waals surface area contributed by atoms with Gasteiger partial charge in [0.1, 0.15) is 6.10 Å². The third kappa shape index (κ3) is 0.689. The van der Waals surface area contributed by atoms with Gasteiger partial charge >= 0.3 is 0 Å². The fraction of sp³-hybridized carbons (Fsp3) is 0.250. The van der Waals surface area contributed by atoms with E-state index in [2.05, 4.69) is 18.2 Å². The molecule has 0 aromatic heterocycles. The van der Waals surface area contributed by atoms with Gasteiger partial charge in [0.2, 0.25) is 0 Å². The third-order valence-electron chi connectivity index (χ3n) is 1.64. The van der Waals surface area contributed by atoms with Crippen molar-refractivity contribution in [3.63, 3.8) is 0 Å². The Morgan fingerprint density at radius 1 is 1.56 bits per heavy atom. The highest BCUT2D eigenvalue weighted by Gasteiger charge is 2.16.